The van der Waals surface area contributed by atoms with E-state index in [1.165, 1.54) is 0 Å². The van der Waals surface area contributed by atoms with Gasteiger partial charge in [-0.3, -0.25) is 4.79 Å². The molecule has 0 saturated carbocycles. The first-order chi connectivity index (χ1) is 6.75. The van der Waals surface area contributed by atoms with Crippen LogP contribution >= 0.6 is 12.6 Å². The predicted octanol–water partition coefficient (Wildman–Crippen LogP) is 1.34. The van der Waals surface area contributed by atoms with Gasteiger partial charge in [-0.05, 0) is 0 Å². The highest BCUT2D eigenvalue weighted by atomic mass is 32.1. The van der Waals surface area contributed by atoms with Crippen LogP contribution < -0.4 is 0 Å². The van der Waals surface area contributed by atoms with Crippen LogP contribution in [0.5, 0.6) is 0 Å². The number of benzene rings is 1. The van der Waals surface area contributed by atoms with Crippen LogP contribution in [0, 0.1) is 0 Å². The van der Waals surface area contributed by atoms with Crippen LogP contribution in [0.15, 0.2) is 30.3 Å². The highest BCUT2D eigenvalue weighted by Gasteiger charge is 2.16. The van der Waals surface area contributed by atoms with Gasteiger partial charge in [-0.1, -0.05) is 30.3 Å². The molecule has 0 radical (unpaired) electrons. The van der Waals surface area contributed by atoms with E-state index in [2.05, 4.69) is 17.4 Å². The molecule has 0 spiro atoms. The number of ketones is 1. The Balaban J connectivity index is 2.62. The summed E-state index contributed by atoms with van der Waals surface area (Å²) in [6.07, 6.45) is 0. The van der Waals surface area contributed by atoms with E-state index in [0.717, 1.165) is 0 Å². The van der Waals surface area contributed by atoms with Gasteiger partial charge in [0.1, 0.15) is 6.61 Å². The Morgan fingerprint density at radius 1 is 1.21 bits per heavy atom. The van der Waals surface area contributed by atoms with E-state index in [4.69, 9.17) is 0 Å². The number of carbonyl (C=O) groups excluding carboxylic acids is 2. The third-order valence-corrected chi connectivity index (χ3v) is 1.73. The first-order valence-electron chi connectivity index (χ1n) is 4.13. The average molecular weight is 210 g/mol. The monoisotopic (exact) mass is 210 g/mol. The second kappa shape index (κ2) is 5.44. The molecule has 1 aromatic carbocycles. The molecule has 74 valence electrons. The number of thiol groups is 1. The SMILES string of the molecule is O=C(OCCS)C(=O)c1ccccc1. The lowest BCUT2D eigenvalue weighted by Gasteiger charge is -2.01. The topological polar surface area (TPSA) is 43.4 Å². The summed E-state index contributed by atoms with van der Waals surface area (Å²) in [6.45, 7) is 0.153. The van der Waals surface area contributed by atoms with Gasteiger partial charge in [0.15, 0.2) is 0 Å². The first-order valence-corrected chi connectivity index (χ1v) is 4.76. The summed E-state index contributed by atoms with van der Waals surface area (Å²) in [4.78, 5) is 22.4. The summed E-state index contributed by atoms with van der Waals surface area (Å²) in [6, 6.07) is 8.31. The van der Waals surface area contributed by atoms with Gasteiger partial charge >= 0.3 is 5.97 Å². The number of Topliss-reactive ketones (excluding diaryl/α,β-unsaturated/α-hetero) is 1. The van der Waals surface area contributed by atoms with Gasteiger partial charge < -0.3 is 4.74 Å². The summed E-state index contributed by atoms with van der Waals surface area (Å²) >= 11 is 3.86. The number of ether oxygens (including phenoxy) is 1. The standard InChI is InChI=1S/C10H10O3S/c11-9(10(12)13-6-7-14)8-4-2-1-3-5-8/h1-5,14H,6-7H2. The maximum Gasteiger partial charge on any atom is 0.379 e. The number of esters is 1. The average Bonchev–Trinajstić information content (AvgIpc) is 2.26. The number of rotatable bonds is 4. The molecule has 0 N–H and O–H groups in total. The molecule has 0 aliphatic rings. The third kappa shape index (κ3) is 2.88. The molecular formula is C10H10O3S. The van der Waals surface area contributed by atoms with Gasteiger partial charge in [-0.25, -0.2) is 4.79 Å². The Hall–Kier alpha value is -1.29. The Morgan fingerprint density at radius 3 is 2.43 bits per heavy atom. The van der Waals surface area contributed by atoms with Crippen molar-refractivity contribution in [2.45, 2.75) is 0 Å². The molecule has 0 atom stereocenters. The molecule has 1 aromatic rings. The molecule has 0 fully saturated rings. The van der Waals surface area contributed by atoms with Crippen molar-refractivity contribution in [3.05, 3.63) is 35.9 Å². The Labute approximate surface area is 87.5 Å². The highest BCUT2D eigenvalue weighted by molar-refractivity contribution is 7.80. The summed E-state index contributed by atoms with van der Waals surface area (Å²) in [5, 5.41) is 0. The van der Waals surface area contributed by atoms with Crippen molar-refractivity contribution in [1.29, 1.82) is 0 Å². The summed E-state index contributed by atoms with van der Waals surface area (Å²) < 4.78 is 4.64. The van der Waals surface area contributed by atoms with Crippen LogP contribution in [0.25, 0.3) is 0 Å². The van der Waals surface area contributed by atoms with Crippen LogP contribution in [0.3, 0.4) is 0 Å². The Bertz CT molecular complexity index is 321. The smallest absolute Gasteiger partial charge is 0.379 e. The van der Waals surface area contributed by atoms with Crippen LogP contribution in [0.2, 0.25) is 0 Å². The minimum Gasteiger partial charge on any atom is -0.459 e. The van der Waals surface area contributed by atoms with Crippen LogP contribution in [-0.2, 0) is 9.53 Å². The molecule has 0 bridgehead atoms. The van der Waals surface area contributed by atoms with Crippen LogP contribution in [-0.4, -0.2) is 24.1 Å². The van der Waals surface area contributed by atoms with Gasteiger partial charge in [-0.2, -0.15) is 12.6 Å². The summed E-state index contributed by atoms with van der Waals surface area (Å²) in [5.41, 5.74) is 0.344. The second-order valence-electron chi connectivity index (χ2n) is 2.55. The molecule has 1 rings (SSSR count). The zero-order valence-electron chi connectivity index (χ0n) is 7.47. The molecule has 0 aliphatic heterocycles. The van der Waals surface area contributed by atoms with Gasteiger partial charge in [0.25, 0.3) is 5.78 Å². The van der Waals surface area contributed by atoms with E-state index in [1.54, 1.807) is 30.3 Å². The molecule has 0 amide bonds. The third-order valence-electron chi connectivity index (χ3n) is 1.55. The summed E-state index contributed by atoms with van der Waals surface area (Å²) in [5.74, 6) is -1.04. The Kier molecular flexibility index (Phi) is 4.19. The van der Waals surface area contributed by atoms with Crippen molar-refractivity contribution in [2.24, 2.45) is 0 Å². The molecule has 0 aromatic heterocycles. The zero-order chi connectivity index (χ0) is 10.4. The second-order valence-corrected chi connectivity index (χ2v) is 3.00. The highest BCUT2D eigenvalue weighted by Crippen LogP contribution is 2.01. The lowest BCUT2D eigenvalue weighted by Crippen LogP contribution is -2.18. The molecule has 14 heavy (non-hydrogen) atoms. The predicted molar refractivity (Wildman–Crippen MR) is 55.6 cm³/mol. The van der Waals surface area contributed by atoms with Crippen molar-refractivity contribution in [1.82, 2.24) is 0 Å². The minimum absolute atomic E-state index is 0.153. The van der Waals surface area contributed by atoms with Crippen molar-refractivity contribution >= 4 is 24.4 Å². The number of hydrogen-bond acceptors (Lipinski definition) is 4. The Morgan fingerprint density at radius 2 is 1.86 bits per heavy atom. The fourth-order valence-electron chi connectivity index (χ4n) is 0.911. The molecule has 0 aliphatic carbocycles. The lowest BCUT2D eigenvalue weighted by molar-refractivity contribution is -0.137. The van der Waals surface area contributed by atoms with E-state index in [1.807, 2.05) is 0 Å². The molecular weight excluding hydrogens is 200 g/mol. The van der Waals surface area contributed by atoms with Crippen molar-refractivity contribution in [3.63, 3.8) is 0 Å². The molecule has 0 unspecified atom stereocenters. The number of carbonyl (C=O) groups is 2. The van der Waals surface area contributed by atoms with Gasteiger partial charge in [0.05, 0.1) is 0 Å². The van der Waals surface area contributed by atoms with Crippen molar-refractivity contribution < 1.29 is 14.3 Å². The summed E-state index contributed by atoms with van der Waals surface area (Å²) in [7, 11) is 0. The zero-order valence-corrected chi connectivity index (χ0v) is 8.37. The molecule has 0 saturated heterocycles. The first kappa shape index (κ1) is 10.8. The molecule has 4 heteroatoms. The van der Waals surface area contributed by atoms with Crippen LogP contribution in [0.4, 0.5) is 0 Å². The maximum absolute atomic E-state index is 11.4. The van der Waals surface area contributed by atoms with E-state index in [-0.39, 0.29) is 6.61 Å². The fourth-order valence-corrected chi connectivity index (χ4v) is 1.00. The maximum atomic E-state index is 11.4. The van der Waals surface area contributed by atoms with E-state index < -0.39 is 11.8 Å². The fraction of sp³-hybridized carbons (Fsp3) is 0.200. The normalized spacial score (nSPS) is 9.50. The largest absolute Gasteiger partial charge is 0.459 e. The van der Waals surface area contributed by atoms with E-state index in [9.17, 15) is 9.59 Å². The van der Waals surface area contributed by atoms with Gasteiger partial charge in [0.2, 0.25) is 0 Å². The molecule has 0 heterocycles. The van der Waals surface area contributed by atoms with Crippen molar-refractivity contribution in [3.8, 4) is 0 Å². The quantitative estimate of drug-likeness (QED) is 0.353. The van der Waals surface area contributed by atoms with Crippen LogP contribution in [0.1, 0.15) is 10.4 Å². The number of hydrogen-bond donors (Lipinski definition) is 1. The van der Waals surface area contributed by atoms with Crippen molar-refractivity contribution in [2.75, 3.05) is 12.4 Å². The van der Waals surface area contributed by atoms with Gasteiger partial charge in [0, 0.05) is 11.3 Å². The van der Waals surface area contributed by atoms with E-state index in [0.29, 0.717) is 11.3 Å². The lowest BCUT2D eigenvalue weighted by atomic mass is 10.1. The van der Waals surface area contributed by atoms with Gasteiger partial charge in [-0.15, -0.1) is 0 Å². The minimum atomic E-state index is -0.828. The molecule has 3 nitrogen and oxygen atoms in total. The van der Waals surface area contributed by atoms with E-state index >= 15 is 0 Å².